The number of ether oxygens (including phenoxy) is 1. The minimum Gasteiger partial charge on any atom is -0.496 e. The van der Waals surface area contributed by atoms with E-state index in [4.69, 9.17) is 4.74 Å². The molecule has 3 amide bonds. The molecule has 0 aliphatic heterocycles. The van der Waals surface area contributed by atoms with Crippen LogP contribution in [0.4, 0.5) is 4.79 Å². The molecule has 0 aromatic heterocycles. The minimum atomic E-state index is -4.01. The number of urea groups is 1. The lowest BCUT2D eigenvalue weighted by atomic mass is 9.86. The number of sulfonamides is 1. The molecule has 0 radical (unpaired) electrons. The van der Waals surface area contributed by atoms with Crippen LogP contribution in [0.25, 0.3) is 0 Å². The normalized spacial score (nSPS) is 11.6. The lowest BCUT2D eigenvalue weighted by Gasteiger charge is -2.21. The summed E-state index contributed by atoms with van der Waals surface area (Å²) in [5, 5.41) is 5.12. The van der Waals surface area contributed by atoms with Crippen molar-refractivity contribution in [2.75, 3.05) is 20.7 Å². The standard InChI is InChI=1S/C24H33N3O5S/c1-7-17-9-8-16(14-21(17)33(30,31)27-23(29)25-5)12-13-26-22(28)19-15-18(24(2,3)4)10-11-20(19)32-6/h8-11,14-15H,7,12-13H2,1-6H3,(H,26,28)(H2,25,27,29). The molecule has 0 aliphatic rings. The van der Waals surface area contributed by atoms with Crippen LogP contribution in [0.15, 0.2) is 41.3 Å². The van der Waals surface area contributed by atoms with E-state index in [0.717, 1.165) is 11.1 Å². The summed E-state index contributed by atoms with van der Waals surface area (Å²) in [5.41, 5.74) is 2.67. The van der Waals surface area contributed by atoms with Crippen LogP contribution in [-0.4, -0.2) is 41.1 Å². The van der Waals surface area contributed by atoms with Crippen molar-refractivity contribution < 1.29 is 22.7 Å². The lowest BCUT2D eigenvalue weighted by molar-refractivity contribution is 0.0951. The molecule has 0 saturated carbocycles. The number of carbonyl (C=O) groups excluding carboxylic acids is 2. The van der Waals surface area contributed by atoms with Crippen molar-refractivity contribution in [3.63, 3.8) is 0 Å². The van der Waals surface area contributed by atoms with E-state index in [1.54, 1.807) is 12.1 Å². The van der Waals surface area contributed by atoms with Crippen LogP contribution < -0.4 is 20.1 Å². The fourth-order valence-electron chi connectivity index (χ4n) is 3.29. The van der Waals surface area contributed by atoms with Crippen molar-refractivity contribution in [2.24, 2.45) is 0 Å². The fraction of sp³-hybridized carbons (Fsp3) is 0.417. The molecule has 8 nitrogen and oxygen atoms in total. The topological polar surface area (TPSA) is 114 Å². The van der Waals surface area contributed by atoms with Crippen LogP contribution in [0.1, 0.15) is 54.7 Å². The summed E-state index contributed by atoms with van der Waals surface area (Å²) >= 11 is 0. The van der Waals surface area contributed by atoms with Gasteiger partial charge in [-0.3, -0.25) is 4.79 Å². The van der Waals surface area contributed by atoms with Crippen LogP contribution >= 0.6 is 0 Å². The summed E-state index contributed by atoms with van der Waals surface area (Å²) in [7, 11) is -1.15. The molecule has 0 atom stereocenters. The van der Waals surface area contributed by atoms with E-state index in [1.807, 2.05) is 29.8 Å². The molecule has 2 aromatic carbocycles. The SMILES string of the molecule is CCc1ccc(CCNC(=O)c2cc(C(C)(C)C)ccc2OC)cc1S(=O)(=O)NC(=O)NC. The summed E-state index contributed by atoms with van der Waals surface area (Å²) in [6.07, 6.45) is 0.907. The Hall–Kier alpha value is -3.07. The molecule has 2 aromatic rings. The Morgan fingerprint density at radius 3 is 2.33 bits per heavy atom. The van der Waals surface area contributed by atoms with E-state index in [1.165, 1.54) is 20.2 Å². The molecule has 9 heteroatoms. The number of aryl methyl sites for hydroxylation is 1. The Kier molecular flexibility index (Phi) is 8.49. The second kappa shape index (κ2) is 10.7. The van der Waals surface area contributed by atoms with E-state index in [-0.39, 0.29) is 16.2 Å². The summed E-state index contributed by atoms with van der Waals surface area (Å²) < 4.78 is 32.6. The summed E-state index contributed by atoms with van der Waals surface area (Å²) in [6, 6.07) is 9.85. The van der Waals surface area contributed by atoms with Gasteiger partial charge in [0.2, 0.25) is 0 Å². The number of amides is 3. The van der Waals surface area contributed by atoms with Crippen LogP contribution in [0.2, 0.25) is 0 Å². The average molecular weight is 476 g/mol. The van der Waals surface area contributed by atoms with Gasteiger partial charge < -0.3 is 15.4 Å². The summed E-state index contributed by atoms with van der Waals surface area (Å²) in [5.74, 6) is 0.221. The van der Waals surface area contributed by atoms with E-state index in [0.29, 0.717) is 36.3 Å². The molecular formula is C24H33N3O5S. The first-order valence-corrected chi connectivity index (χ1v) is 12.2. The zero-order valence-corrected chi connectivity index (χ0v) is 20.9. The number of carbonyl (C=O) groups is 2. The van der Waals surface area contributed by atoms with Crippen molar-refractivity contribution in [3.05, 3.63) is 58.7 Å². The van der Waals surface area contributed by atoms with Gasteiger partial charge >= 0.3 is 6.03 Å². The highest BCUT2D eigenvalue weighted by molar-refractivity contribution is 7.90. The Morgan fingerprint density at radius 2 is 1.76 bits per heavy atom. The third kappa shape index (κ3) is 6.71. The van der Waals surface area contributed by atoms with E-state index >= 15 is 0 Å². The predicted molar refractivity (Wildman–Crippen MR) is 128 cm³/mol. The molecule has 0 fully saturated rings. The molecule has 0 bridgehead atoms. The zero-order chi connectivity index (χ0) is 24.8. The molecular weight excluding hydrogens is 442 g/mol. The van der Waals surface area contributed by atoms with Crippen molar-refractivity contribution in [1.29, 1.82) is 0 Å². The Morgan fingerprint density at radius 1 is 1.06 bits per heavy atom. The molecule has 3 N–H and O–H groups in total. The lowest BCUT2D eigenvalue weighted by Crippen LogP contribution is -2.37. The third-order valence-electron chi connectivity index (χ3n) is 5.27. The fourth-order valence-corrected chi connectivity index (χ4v) is 4.61. The molecule has 2 rings (SSSR count). The van der Waals surface area contributed by atoms with Gasteiger partial charge in [-0.05, 0) is 53.1 Å². The minimum absolute atomic E-state index is 0.0528. The zero-order valence-electron chi connectivity index (χ0n) is 20.0. The van der Waals surface area contributed by atoms with Gasteiger partial charge in [-0.1, -0.05) is 45.9 Å². The molecule has 0 saturated heterocycles. The number of methoxy groups -OCH3 is 1. The largest absolute Gasteiger partial charge is 0.496 e. The molecule has 0 spiro atoms. The highest BCUT2D eigenvalue weighted by Crippen LogP contribution is 2.28. The maximum atomic E-state index is 12.8. The summed E-state index contributed by atoms with van der Waals surface area (Å²) in [6.45, 7) is 8.35. The number of hydrogen-bond acceptors (Lipinski definition) is 5. The van der Waals surface area contributed by atoms with E-state index in [9.17, 15) is 18.0 Å². The van der Waals surface area contributed by atoms with Gasteiger partial charge in [-0.25, -0.2) is 17.9 Å². The smallest absolute Gasteiger partial charge is 0.328 e. The first kappa shape index (κ1) is 26.2. The second-order valence-corrected chi connectivity index (χ2v) is 10.3. The van der Waals surface area contributed by atoms with Crippen molar-refractivity contribution >= 4 is 22.0 Å². The monoisotopic (exact) mass is 475 g/mol. The Balaban J connectivity index is 2.18. The maximum absolute atomic E-state index is 12.8. The van der Waals surface area contributed by atoms with Crippen LogP contribution in [0.3, 0.4) is 0 Å². The Bertz CT molecular complexity index is 1120. The van der Waals surface area contributed by atoms with E-state index in [2.05, 4.69) is 31.4 Å². The van der Waals surface area contributed by atoms with Gasteiger partial charge in [0, 0.05) is 13.6 Å². The third-order valence-corrected chi connectivity index (χ3v) is 6.68. The number of nitrogens with one attached hydrogen (secondary N) is 3. The number of hydrogen-bond donors (Lipinski definition) is 3. The van der Waals surface area contributed by atoms with Crippen molar-refractivity contribution in [2.45, 2.75) is 50.8 Å². The number of benzene rings is 2. The van der Waals surface area contributed by atoms with Crippen LogP contribution in [0.5, 0.6) is 5.75 Å². The van der Waals surface area contributed by atoms with Gasteiger partial charge in [0.1, 0.15) is 5.75 Å². The van der Waals surface area contributed by atoms with Crippen LogP contribution in [-0.2, 0) is 28.3 Å². The highest BCUT2D eigenvalue weighted by Gasteiger charge is 2.21. The van der Waals surface area contributed by atoms with Crippen molar-refractivity contribution in [3.8, 4) is 5.75 Å². The molecule has 0 aliphatic carbocycles. The molecule has 0 unspecified atom stereocenters. The first-order valence-electron chi connectivity index (χ1n) is 10.8. The highest BCUT2D eigenvalue weighted by atomic mass is 32.2. The average Bonchev–Trinajstić information content (AvgIpc) is 2.77. The maximum Gasteiger partial charge on any atom is 0.328 e. The quantitative estimate of drug-likeness (QED) is 0.543. The van der Waals surface area contributed by atoms with Gasteiger partial charge in [-0.15, -0.1) is 0 Å². The number of rotatable bonds is 8. The molecule has 0 heterocycles. The van der Waals surface area contributed by atoms with Gasteiger partial charge in [-0.2, -0.15) is 0 Å². The Labute approximate surface area is 196 Å². The van der Waals surface area contributed by atoms with Crippen LogP contribution in [0, 0.1) is 0 Å². The van der Waals surface area contributed by atoms with Crippen molar-refractivity contribution in [1.82, 2.24) is 15.4 Å². The second-order valence-electron chi connectivity index (χ2n) is 8.65. The molecule has 180 valence electrons. The summed E-state index contributed by atoms with van der Waals surface area (Å²) in [4.78, 5) is 24.4. The van der Waals surface area contributed by atoms with E-state index < -0.39 is 16.1 Å². The van der Waals surface area contributed by atoms with Gasteiger partial charge in [0.25, 0.3) is 15.9 Å². The van der Waals surface area contributed by atoms with Gasteiger partial charge in [0.15, 0.2) is 0 Å². The predicted octanol–water partition coefficient (Wildman–Crippen LogP) is 3.15. The van der Waals surface area contributed by atoms with Gasteiger partial charge in [0.05, 0.1) is 17.6 Å². The first-order chi connectivity index (χ1) is 15.4. The molecule has 33 heavy (non-hydrogen) atoms.